The topological polar surface area (TPSA) is 77.6 Å². The summed E-state index contributed by atoms with van der Waals surface area (Å²) in [5.74, 6) is 1.29. The van der Waals surface area contributed by atoms with Crippen LogP contribution in [0, 0.1) is 12.8 Å². The van der Waals surface area contributed by atoms with Crippen molar-refractivity contribution in [1.82, 2.24) is 20.1 Å². The fraction of sp³-hybridized carbons (Fsp3) is 0.562. The summed E-state index contributed by atoms with van der Waals surface area (Å²) in [5.41, 5.74) is 0.998. The van der Waals surface area contributed by atoms with Gasteiger partial charge < -0.3 is 10.6 Å². The van der Waals surface area contributed by atoms with Crippen molar-refractivity contribution < 1.29 is 9.59 Å². The predicted molar refractivity (Wildman–Crippen MR) is 87.1 cm³/mol. The molecule has 3 amide bonds. The molecule has 3 heterocycles. The number of hydrogen-bond acceptors (Lipinski definition) is 5. The Morgan fingerprint density at radius 3 is 3.04 bits per heavy atom. The highest BCUT2D eigenvalue weighted by molar-refractivity contribution is 5.96. The quantitative estimate of drug-likeness (QED) is 0.835. The third kappa shape index (κ3) is 3.98. The summed E-state index contributed by atoms with van der Waals surface area (Å²) >= 11 is 0. The zero-order chi connectivity index (χ0) is 16.2. The van der Waals surface area contributed by atoms with Crippen LogP contribution < -0.4 is 10.6 Å². The minimum Gasteiger partial charge on any atom is -0.370 e. The molecule has 124 valence electrons. The first kappa shape index (κ1) is 15.7. The van der Waals surface area contributed by atoms with Crippen LogP contribution in [0.3, 0.4) is 0 Å². The van der Waals surface area contributed by atoms with Crippen LogP contribution in [0.2, 0.25) is 0 Å². The minimum absolute atomic E-state index is 0.103. The third-order valence-corrected chi connectivity index (χ3v) is 4.35. The van der Waals surface area contributed by atoms with Gasteiger partial charge >= 0.3 is 6.03 Å². The van der Waals surface area contributed by atoms with E-state index >= 15 is 0 Å². The molecule has 0 bridgehead atoms. The summed E-state index contributed by atoms with van der Waals surface area (Å²) < 4.78 is 0. The van der Waals surface area contributed by atoms with E-state index in [1.54, 1.807) is 0 Å². The molecule has 0 unspecified atom stereocenters. The van der Waals surface area contributed by atoms with Gasteiger partial charge in [0.1, 0.15) is 5.82 Å². The lowest BCUT2D eigenvalue weighted by Gasteiger charge is -2.19. The molecule has 3 rings (SSSR count). The van der Waals surface area contributed by atoms with Crippen molar-refractivity contribution in [2.24, 2.45) is 5.92 Å². The van der Waals surface area contributed by atoms with Gasteiger partial charge in [0.05, 0.1) is 6.54 Å². The summed E-state index contributed by atoms with van der Waals surface area (Å²) in [6, 6.07) is 5.67. The molecular weight excluding hydrogens is 294 g/mol. The smallest absolute Gasteiger partial charge is 0.324 e. The molecule has 2 aliphatic rings. The van der Waals surface area contributed by atoms with Crippen LogP contribution in [-0.4, -0.2) is 66.0 Å². The lowest BCUT2D eigenvalue weighted by Crippen LogP contribution is -2.41. The maximum absolute atomic E-state index is 12.1. The van der Waals surface area contributed by atoms with E-state index in [4.69, 9.17) is 0 Å². The fourth-order valence-corrected chi connectivity index (χ4v) is 3.10. The fourth-order valence-electron chi connectivity index (χ4n) is 3.10. The van der Waals surface area contributed by atoms with E-state index in [0.717, 1.165) is 37.6 Å². The van der Waals surface area contributed by atoms with Crippen molar-refractivity contribution in [3.63, 3.8) is 0 Å². The Morgan fingerprint density at radius 2 is 2.30 bits per heavy atom. The van der Waals surface area contributed by atoms with Crippen LogP contribution in [0.5, 0.6) is 0 Å². The Kier molecular flexibility index (Phi) is 4.76. The Labute approximate surface area is 136 Å². The van der Waals surface area contributed by atoms with Crippen LogP contribution in [0.4, 0.5) is 10.6 Å². The van der Waals surface area contributed by atoms with Gasteiger partial charge in [0.25, 0.3) is 0 Å². The van der Waals surface area contributed by atoms with Crippen molar-refractivity contribution >= 4 is 17.8 Å². The van der Waals surface area contributed by atoms with Crippen LogP contribution in [-0.2, 0) is 4.79 Å². The lowest BCUT2D eigenvalue weighted by molar-refractivity contribution is -0.128. The molecule has 7 nitrogen and oxygen atoms in total. The molecule has 0 aromatic carbocycles. The monoisotopic (exact) mass is 317 g/mol. The van der Waals surface area contributed by atoms with Gasteiger partial charge in [-0.2, -0.15) is 0 Å². The molecule has 2 N–H and O–H groups in total. The molecule has 0 radical (unpaired) electrons. The standard InChI is InChI=1S/C16H23N5O2/c1-12-3-2-4-14(19-12)18-9-13-5-7-20(10-13)11-15(22)21-8-6-17-16(21)23/h2-4,13H,5-11H2,1H3,(H,17,23)(H,18,19)/t13-/m0/s1. The molecule has 0 aliphatic carbocycles. The Bertz CT molecular complexity index is 592. The molecule has 0 spiro atoms. The van der Waals surface area contributed by atoms with Gasteiger partial charge in [-0.1, -0.05) is 6.07 Å². The van der Waals surface area contributed by atoms with E-state index in [9.17, 15) is 9.59 Å². The summed E-state index contributed by atoms with van der Waals surface area (Å²) in [5, 5.41) is 6.02. The maximum Gasteiger partial charge on any atom is 0.324 e. The Morgan fingerprint density at radius 1 is 1.43 bits per heavy atom. The molecule has 2 aliphatic heterocycles. The van der Waals surface area contributed by atoms with Gasteiger partial charge in [0.2, 0.25) is 5.91 Å². The van der Waals surface area contributed by atoms with Crippen LogP contribution >= 0.6 is 0 Å². The molecule has 1 aromatic heterocycles. The van der Waals surface area contributed by atoms with E-state index in [1.165, 1.54) is 4.90 Å². The zero-order valence-corrected chi connectivity index (χ0v) is 13.4. The number of aromatic nitrogens is 1. The minimum atomic E-state index is -0.266. The largest absolute Gasteiger partial charge is 0.370 e. The number of imide groups is 1. The number of carbonyl (C=O) groups is 2. The maximum atomic E-state index is 12.1. The number of anilines is 1. The average molecular weight is 317 g/mol. The van der Waals surface area contributed by atoms with E-state index in [-0.39, 0.29) is 11.9 Å². The SMILES string of the molecule is Cc1cccc(NC[C@@H]2CCN(CC(=O)N3CCNC3=O)C2)n1. The van der Waals surface area contributed by atoms with Gasteiger partial charge in [-0.05, 0) is 37.9 Å². The van der Waals surface area contributed by atoms with E-state index in [1.807, 2.05) is 25.1 Å². The van der Waals surface area contributed by atoms with Crippen molar-refractivity contribution in [2.75, 3.05) is 44.6 Å². The number of nitrogens with zero attached hydrogens (tertiary/aromatic N) is 3. The molecule has 1 atom stereocenters. The van der Waals surface area contributed by atoms with Crippen molar-refractivity contribution in [3.8, 4) is 0 Å². The molecule has 1 aromatic rings. The Hall–Kier alpha value is -2.15. The van der Waals surface area contributed by atoms with Crippen LogP contribution in [0.15, 0.2) is 18.2 Å². The number of pyridine rings is 1. The molecule has 2 saturated heterocycles. The number of rotatable bonds is 5. The number of urea groups is 1. The second-order valence-electron chi connectivity index (χ2n) is 6.21. The summed E-state index contributed by atoms with van der Waals surface area (Å²) in [7, 11) is 0. The van der Waals surface area contributed by atoms with Crippen LogP contribution in [0.25, 0.3) is 0 Å². The Balaban J connectivity index is 1.43. The number of aryl methyl sites for hydroxylation is 1. The zero-order valence-electron chi connectivity index (χ0n) is 13.4. The average Bonchev–Trinajstić information content (AvgIpc) is 3.14. The van der Waals surface area contributed by atoms with Gasteiger partial charge in [-0.3, -0.25) is 14.6 Å². The van der Waals surface area contributed by atoms with Crippen molar-refractivity contribution in [2.45, 2.75) is 13.3 Å². The second kappa shape index (κ2) is 6.95. The predicted octanol–water partition coefficient (Wildman–Crippen LogP) is 0.676. The first-order valence-corrected chi connectivity index (χ1v) is 8.10. The lowest BCUT2D eigenvalue weighted by atomic mass is 10.1. The van der Waals surface area contributed by atoms with Crippen LogP contribution in [0.1, 0.15) is 12.1 Å². The van der Waals surface area contributed by atoms with E-state index in [0.29, 0.717) is 25.6 Å². The molecule has 23 heavy (non-hydrogen) atoms. The van der Waals surface area contributed by atoms with E-state index < -0.39 is 0 Å². The molecular formula is C16H23N5O2. The first-order valence-electron chi connectivity index (χ1n) is 8.10. The van der Waals surface area contributed by atoms with Gasteiger partial charge in [0, 0.05) is 31.9 Å². The molecule has 2 fully saturated rings. The van der Waals surface area contributed by atoms with Crippen molar-refractivity contribution in [1.29, 1.82) is 0 Å². The number of hydrogen-bond donors (Lipinski definition) is 2. The molecule has 7 heteroatoms. The van der Waals surface area contributed by atoms with Gasteiger partial charge in [-0.25, -0.2) is 9.78 Å². The van der Waals surface area contributed by atoms with E-state index in [2.05, 4.69) is 20.5 Å². The summed E-state index contributed by atoms with van der Waals surface area (Å²) in [4.78, 5) is 31.5. The summed E-state index contributed by atoms with van der Waals surface area (Å²) in [6.45, 7) is 5.96. The van der Waals surface area contributed by atoms with Gasteiger partial charge in [-0.15, -0.1) is 0 Å². The number of likely N-dealkylation sites (tertiary alicyclic amines) is 1. The third-order valence-electron chi connectivity index (χ3n) is 4.35. The summed E-state index contributed by atoms with van der Waals surface area (Å²) in [6.07, 6.45) is 1.05. The number of nitrogens with one attached hydrogen (secondary N) is 2. The normalized spacial score (nSPS) is 21.5. The first-order chi connectivity index (χ1) is 11.1. The van der Waals surface area contributed by atoms with Gasteiger partial charge in [0.15, 0.2) is 0 Å². The number of amides is 3. The number of carbonyl (C=O) groups excluding carboxylic acids is 2. The second-order valence-corrected chi connectivity index (χ2v) is 6.21. The highest BCUT2D eigenvalue weighted by atomic mass is 16.2. The molecule has 0 saturated carbocycles. The highest BCUT2D eigenvalue weighted by Gasteiger charge is 2.30. The highest BCUT2D eigenvalue weighted by Crippen LogP contribution is 2.17. The van der Waals surface area contributed by atoms with Crippen molar-refractivity contribution in [3.05, 3.63) is 23.9 Å².